The van der Waals surface area contributed by atoms with Crippen LogP contribution in [0.15, 0.2) is 97.6 Å². The molecule has 11 nitrogen and oxygen atoms in total. The summed E-state index contributed by atoms with van der Waals surface area (Å²) in [4.78, 5) is 30.9. The first-order chi connectivity index (χ1) is 26.0. The number of imidazole rings is 2. The number of nitriles is 2. The summed E-state index contributed by atoms with van der Waals surface area (Å²) in [6.07, 6.45) is 2.79. The summed E-state index contributed by atoms with van der Waals surface area (Å²) < 4.78 is 30.1. The molecule has 4 N–H and O–H groups in total. The molecule has 13 heteroatoms. The van der Waals surface area contributed by atoms with E-state index in [4.69, 9.17) is 16.1 Å². The van der Waals surface area contributed by atoms with E-state index in [-0.39, 0.29) is 36.6 Å². The average Bonchev–Trinajstić information content (AvgIpc) is 3.77. The number of rotatable bonds is 9. The topological polar surface area (TPSA) is 176 Å². The lowest BCUT2D eigenvalue weighted by Crippen LogP contribution is -2.30. The van der Waals surface area contributed by atoms with Gasteiger partial charge in [0.25, 0.3) is 0 Å². The molecule has 0 spiro atoms. The first-order valence-corrected chi connectivity index (χ1v) is 17.5. The van der Waals surface area contributed by atoms with E-state index in [2.05, 4.69) is 27.4 Å². The van der Waals surface area contributed by atoms with Crippen LogP contribution in [0, 0.1) is 34.3 Å². The van der Waals surface area contributed by atoms with Crippen LogP contribution in [0.5, 0.6) is 0 Å². The molecule has 0 aliphatic heterocycles. The number of hydrogen-bond acceptors (Lipinski definition) is 7. The fourth-order valence-electron chi connectivity index (χ4n) is 5.60. The van der Waals surface area contributed by atoms with Crippen LogP contribution in [0.25, 0.3) is 22.1 Å². The number of hydrogen-bond donors (Lipinski definition) is 3. The zero-order valence-corrected chi connectivity index (χ0v) is 31.6. The SMILES string of the molecule is CC(N)c1ccc(C(C)(C)C#N)cc1.CC(NC(=O)Cn1cnc2cccc(F)c21)c1ccc(C(C)(C)C#N)cc1.O=C(O)Cn1cnc2cccc(F)c21. The first-order valence-electron chi connectivity index (χ1n) is 17.5. The van der Waals surface area contributed by atoms with E-state index in [1.54, 1.807) is 18.2 Å². The van der Waals surface area contributed by atoms with Gasteiger partial charge in [0.1, 0.15) is 35.8 Å². The number of aromatic nitrogens is 4. The number of nitrogens with two attached hydrogens (primary N) is 1. The second-order valence-corrected chi connectivity index (χ2v) is 14.1. The number of carbonyl (C=O) groups is 2. The number of nitrogens with zero attached hydrogens (tertiary/aromatic N) is 6. The molecular formula is C42H44F2N8O3. The second kappa shape index (κ2) is 17.6. The van der Waals surface area contributed by atoms with Crippen molar-refractivity contribution in [3.63, 3.8) is 0 Å². The Morgan fingerprint density at radius 1 is 0.745 bits per heavy atom. The highest BCUT2D eigenvalue weighted by Crippen LogP contribution is 2.25. The third kappa shape index (κ3) is 10.4. The highest BCUT2D eigenvalue weighted by molar-refractivity contribution is 5.81. The molecule has 0 saturated carbocycles. The lowest BCUT2D eigenvalue weighted by Gasteiger charge is -2.19. The Morgan fingerprint density at radius 2 is 1.16 bits per heavy atom. The van der Waals surface area contributed by atoms with Gasteiger partial charge in [0, 0.05) is 6.04 Å². The lowest BCUT2D eigenvalue weighted by molar-refractivity contribution is -0.137. The van der Waals surface area contributed by atoms with Crippen molar-refractivity contribution in [1.29, 1.82) is 10.5 Å². The number of carbonyl (C=O) groups excluding carboxylic acids is 1. The summed E-state index contributed by atoms with van der Waals surface area (Å²) in [7, 11) is 0. The fourth-order valence-corrected chi connectivity index (χ4v) is 5.60. The molecule has 6 aromatic rings. The van der Waals surface area contributed by atoms with Crippen molar-refractivity contribution >= 4 is 33.9 Å². The largest absolute Gasteiger partial charge is 0.480 e. The van der Waals surface area contributed by atoms with Gasteiger partial charge in [-0.2, -0.15) is 10.5 Å². The normalized spacial score (nSPS) is 12.3. The van der Waals surface area contributed by atoms with Gasteiger partial charge in [-0.1, -0.05) is 60.7 Å². The predicted molar refractivity (Wildman–Crippen MR) is 206 cm³/mol. The molecule has 6 rings (SSSR count). The zero-order valence-electron chi connectivity index (χ0n) is 31.6. The van der Waals surface area contributed by atoms with Gasteiger partial charge in [-0.15, -0.1) is 0 Å². The number of benzene rings is 4. The van der Waals surface area contributed by atoms with Gasteiger partial charge in [0.2, 0.25) is 5.91 Å². The van der Waals surface area contributed by atoms with Gasteiger partial charge in [-0.25, -0.2) is 18.7 Å². The summed E-state index contributed by atoms with van der Waals surface area (Å²) in [5.74, 6) is -2.11. The maximum Gasteiger partial charge on any atom is 0.323 e. The van der Waals surface area contributed by atoms with Crippen LogP contribution in [0.1, 0.15) is 75.9 Å². The zero-order chi connectivity index (χ0) is 40.5. The Bertz CT molecular complexity index is 2350. The molecule has 0 radical (unpaired) electrons. The van der Waals surface area contributed by atoms with E-state index < -0.39 is 28.4 Å². The molecule has 0 fully saturated rings. The van der Waals surface area contributed by atoms with E-state index in [1.165, 1.54) is 40.0 Å². The van der Waals surface area contributed by atoms with E-state index in [9.17, 15) is 23.6 Å². The number of amides is 1. The number of para-hydroxylation sites is 2. The van der Waals surface area contributed by atoms with Gasteiger partial charge in [0.15, 0.2) is 0 Å². The molecule has 2 aromatic heterocycles. The van der Waals surface area contributed by atoms with Crippen molar-refractivity contribution in [2.24, 2.45) is 5.73 Å². The maximum atomic E-state index is 14.0. The Kier molecular flexibility index (Phi) is 13.2. The Morgan fingerprint density at radius 3 is 1.56 bits per heavy atom. The average molecular weight is 747 g/mol. The summed E-state index contributed by atoms with van der Waals surface area (Å²) in [5.41, 5.74) is 10.3. The highest BCUT2D eigenvalue weighted by atomic mass is 19.1. The summed E-state index contributed by atoms with van der Waals surface area (Å²) >= 11 is 0. The molecule has 2 unspecified atom stereocenters. The molecule has 0 aliphatic carbocycles. The minimum Gasteiger partial charge on any atom is -0.480 e. The van der Waals surface area contributed by atoms with Crippen LogP contribution >= 0.6 is 0 Å². The third-order valence-corrected chi connectivity index (χ3v) is 9.02. The molecule has 55 heavy (non-hydrogen) atoms. The molecule has 1 amide bonds. The van der Waals surface area contributed by atoms with Gasteiger partial charge >= 0.3 is 5.97 Å². The minimum atomic E-state index is -1.02. The van der Waals surface area contributed by atoms with Crippen LogP contribution in [0.3, 0.4) is 0 Å². The summed E-state index contributed by atoms with van der Waals surface area (Å²) in [5, 5.41) is 29.7. The van der Waals surface area contributed by atoms with E-state index >= 15 is 0 Å². The molecule has 284 valence electrons. The smallest absolute Gasteiger partial charge is 0.323 e. The molecule has 0 aliphatic rings. The highest BCUT2D eigenvalue weighted by Gasteiger charge is 2.21. The molecule has 4 aromatic carbocycles. The fraction of sp³-hybridized carbons (Fsp3) is 0.286. The van der Waals surface area contributed by atoms with E-state index in [0.29, 0.717) is 16.6 Å². The van der Waals surface area contributed by atoms with Crippen LogP contribution in [0.4, 0.5) is 8.78 Å². The third-order valence-electron chi connectivity index (χ3n) is 9.02. The Labute approximate surface area is 318 Å². The standard InChI is InChI=1S/C21H21FN4O.C12H16N2.C9H7FN2O2/c1-14(15-7-9-16(10-8-15)21(2,3)12-23)25-19(27)11-26-13-24-18-6-4-5-17(22)20(18)26;1-9(14)10-4-6-11(7-5-10)12(2,3)8-13;10-6-2-1-3-7-9(6)12(5-11-7)4-8(13)14/h4-10,13-14H,11H2,1-3H3,(H,25,27);4-7,9H,14H2,1-3H3;1-3,5H,4H2,(H,13,14). The second-order valence-electron chi connectivity index (χ2n) is 14.1. The summed E-state index contributed by atoms with van der Waals surface area (Å²) in [6.45, 7) is 11.1. The van der Waals surface area contributed by atoms with Crippen LogP contribution in [-0.2, 0) is 33.5 Å². The molecule has 0 bridgehead atoms. The first kappa shape index (κ1) is 41.3. The lowest BCUT2D eigenvalue weighted by atomic mass is 9.85. The summed E-state index contributed by atoms with van der Waals surface area (Å²) in [6, 6.07) is 29.0. The van der Waals surface area contributed by atoms with Crippen molar-refractivity contribution in [3.8, 4) is 12.1 Å². The molecule has 2 atom stereocenters. The van der Waals surface area contributed by atoms with Gasteiger partial charge in [0.05, 0.1) is 52.7 Å². The van der Waals surface area contributed by atoms with Crippen molar-refractivity contribution in [3.05, 3.63) is 131 Å². The number of carboxylic acid groups (broad SMARTS) is 1. The molecule has 0 saturated heterocycles. The van der Waals surface area contributed by atoms with Gasteiger partial charge in [-0.05, 0) is 88.1 Å². The number of aliphatic carboxylic acids is 1. The molecule has 2 heterocycles. The van der Waals surface area contributed by atoms with Crippen LogP contribution in [0.2, 0.25) is 0 Å². The Hall–Kier alpha value is -6.44. The Balaban J connectivity index is 0.000000202. The quantitative estimate of drug-likeness (QED) is 0.135. The van der Waals surface area contributed by atoms with Crippen molar-refractivity contribution in [2.45, 2.75) is 77.5 Å². The van der Waals surface area contributed by atoms with Crippen LogP contribution in [-0.4, -0.2) is 36.1 Å². The number of carboxylic acids is 1. The molecular weight excluding hydrogens is 703 g/mol. The number of nitrogens with one attached hydrogen (secondary N) is 1. The van der Waals surface area contributed by atoms with Crippen molar-refractivity contribution in [1.82, 2.24) is 24.4 Å². The minimum absolute atomic E-state index is 0.0126. The van der Waals surface area contributed by atoms with Gasteiger partial charge < -0.3 is 25.3 Å². The van der Waals surface area contributed by atoms with E-state index in [1.807, 2.05) is 90.1 Å². The maximum absolute atomic E-state index is 14.0. The van der Waals surface area contributed by atoms with Crippen LogP contribution < -0.4 is 11.1 Å². The predicted octanol–water partition coefficient (Wildman–Crippen LogP) is 7.62. The monoisotopic (exact) mass is 746 g/mol. The van der Waals surface area contributed by atoms with Gasteiger partial charge in [-0.3, -0.25) is 9.59 Å². The number of halogens is 2. The van der Waals surface area contributed by atoms with Crippen molar-refractivity contribution < 1.29 is 23.5 Å². The van der Waals surface area contributed by atoms with E-state index in [0.717, 1.165) is 22.3 Å². The van der Waals surface area contributed by atoms with Crippen molar-refractivity contribution in [2.75, 3.05) is 0 Å². The number of fused-ring (bicyclic) bond motifs is 2.